The minimum Gasteiger partial charge on any atom is -0.468 e. The predicted molar refractivity (Wildman–Crippen MR) is 134 cm³/mol. The summed E-state index contributed by atoms with van der Waals surface area (Å²) in [5.41, 5.74) is 1.10. The van der Waals surface area contributed by atoms with Crippen molar-refractivity contribution >= 4 is 35.8 Å². The molecule has 0 amide bonds. The molecular formula is C22H35IN6O. The molecule has 3 heterocycles. The van der Waals surface area contributed by atoms with E-state index in [1.54, 1.807) is 6.26 Å². The molecule has 1 atom stereocenters. The fraction of sp³-hybridized carbons (Fsp3) is 0.545. The first-order valence-corrected chi connectivity index (χ1v) is 10.6. The quantitative estimate of drug-likeness (QED) is 0.311. The third kappa shape index (κ3) is 6.87. The second kappa shape index (κ2) is 12.8. The highest BCUT2D eigenvalue weighted by Crippen LogP contribution is 2.24. The molecule has 0 radical (unpaired) electrons. The zero-order valence-corrected chi connectivity index (χ0v) is 20.6. The average molecular weight is 526 g/mol. The first-order valence-electron chi connectivity index (χ1n) is 10.6. The number of rotatable bonds is 8. The van der Waals surface area contributed by atoms with E-state index in [2.05, 4.69) is 39.6 Å². The highest BCUT2D eigenvalue weighted by atomic mass is 127. The Hall–Kier alpha value is -1.81. The lowest BCUT2D eigenvalue weighted by Gasteiger charge is -2.33. The molecule has 166 valence electrons. The molecule has 7 nitrogen and oxygen atoms in total. The van der Waals surface area contributed by atoms with Crippen molar-refractivity contribution in [1.82, 2.24) is 20.5 Å². The maximum Gasteiger partial charge on any atom is 0.191 e. The number of furan rings is 1. The van der Waals surface area contributed by atoms with Crippen LogP contribution in [0.15, 0.2) is 46.1 Å². The van der Waals surface area contributed by atoms with Crippen LogP contribution in [0.4, 0.5) is 5.82 Å². The van der Waals surface area contributed by atoms with Crippen LogP contribution >= 0.6 is 24.0 Å². The summed E-state index contributed by atoms with van der Waals surface area (Å²) in [5, 5.41) is 6.89. The number of hydrogen-bond donors (Lipinski definition) is 2. The molecule has 3 rings (SSSR count). The van der Waals surface area contributed by atoms with Crippen molar-refractivity contribution < 1.29 is 4.42 Å². The summed E-state index contributed by atoms with van der Waals surface area (Å²) < 4.78 is 5.76. The summed E-state index contributed by atoms with van der Waals surface area (Å²) in [6.45, 7) is 6.46. The van der Waals surface area contributed by atoms with Crippen molar-refractivity contribution in [3.05, 3.63) is 48.0 Å². The third-order valence-electron chi connectivity index (χ3n) is 5.21. The molecule has 1 unspecified atom stereocenters. The van der Waals surface area contributed by atoms with Gasteiger partial charge < -0.3 is 20.0 Å². The number of nitrogens with one attached hydrogen (secondary N) is 2. The predicted octanol–water partition coefficient (Wildman–Crippen LogP) is 3.64. The number of aliphatic imine (C=N–C) groups is 1. The second-order valence-electron chi connectivity index (χ2n) is 7.58. The van der Waals surface area contributed by atoms with Crippen LogP contribution in [0.3, 0.4) is 0 Å². The fourth-order valence-electron chi connectivity index (χ4n) is 3.78. The number of aromatic nitrogens is 1. The van der Waals surface area contributed by atoms with Gasteiger partial charge in [-0.05, 0) is 51.1 Å². The molecule has 30 heavy (non-hydrogen) atoms. The van der Waals surface area contributed by atoms with Gasteiger partial charge in [0, 0.05) is 38.9 Å². The van der Waals surface area contributed by atoms with Gasteiger partial charge in [0.1, 0.15) is 11.6 Å². The van der Waals surface area contributed by atoms with Crippen molar-refractivity contribution in [2.75, 3.05) is 45.2 Å². The fourth-order valence-corrected chi connectivity index (χ4v) is 3.78. The monoisotopic (exact) mass is 526 g/mol. The number of guanidine groups is 1. The first-order chi connectivity index (χ1) is 14.2. The van der Waals surface area contributed by atoms with Crippen LogP contribution in [0, 0.1) is 0 Å². The SMILES string of the molecule is CCNC(=NCc1cccnc1N(C)C)NCC(c1ccco1)N1CCCCC1.I. The van der Waals surface area contributed by atoms with Gasteiger partial charge in [0.25, 0.3) is 0 Å². The summed E-state index contributed by atoms with van der Waals surface area (Å²) in [4.78, 5) is 13.8. The van der Waals surface area contributed by atoms with Crippen molar-refractivity contribution in [3.63, 3.8) is 0 Å². The van der Waals surface area contributed by atoms with Gasteiger partial charge in [-0.25, -0.2) is 9.98 Å². The number of pyridine rings is 1. The van der Waals surface area contributed by atoms with Gasteiger partial charge in [0.2, 0.25) is 0 Å². The molecule has 2 N–H and O–H groups in total. The van der Waals surface area contributed by atoms with Crippen LogP contribution in [0.5, 0.6) is 0 Å². The Morgan fingerprint density at radius 3 is 2.67 bits per heavy atom. The molecule has 2 aromatic rings. The molecule has 0 aromatic carbocycles. The van der Waals surface area contributed by atoms with Crippen LogP contribution in [-0.4, -0.2) is 56.1 Å². The molecule has 0 aliphatic carbocycles. The van der Waals surface area contributed by atoms with Gasteiger partial charge in [-0.1, -0.05) is 12.5 Å². The van der Waals surface area contributed by atoms with Gasteiger partial charge in [0.05, 0.1) is 18.8 Å². The zero-order chi connectivity index (χ0) is 20.5. The Labute approximate surface area is 197 Å². The minimum absolute atomic E-state index is 0. The van der Waals surface area contributed by atoms with Gasteiger partial charge >= 0.3 is 0 Å². The molecule has 0 saturated carbocycles. The third-order valence-corrected chi connectivity index (χ3v) is 5.21. The van der Waals surface area contributed by atoms with E-state index in [1.165, 1.54) is 19.3 Å². The van der Waals surface area contributed by atoms with Crippen molar-refractivity contribution in [2.24, 2.45) is 4.99 Å². The minimum atomic E-state index is 0. The number of nitrogens with zero attached hydrogens (tertiary/aromatic N) is 4. The van der Waals surface area contributed by atoms with Crippen LogP contribution in [0.2, 0.25) is 0 Å². The zero-order valence-electron chi connectivity index (χ0n) is 18.3. The summed E-state index contributed by atoms with van der Waals surface area (Å²) >= 11 is 0. The van der Waals surface area contributed by atoms with Crippen LogP contribution < -0.4 is 15.5 Å². The molecule has 0 bridgehead atoms. The Kier molecular flexibility index (Phi) is 10.4. The van der Waals surface area contributed by atoms with Gasteiger partial charge in [-0.15, -0.1) is 24.0 Å². The summed E-state index contributed by atoms with van der Waals surface area (Å²) in [5.74, 6) is 2.78. The number of halogens is 1. The first kappa shape index (κ1) is 24.5. The molecule has 1 aliphatic heterocycles. The van der Waals surface area contributed by atoms with Crippen molar-refractivity contribution in [3.8, 4) is 0 Å². The van der Waals surface area contributed by atoms with E-state index >= 15 is 0 Å². The number of hydrogen-bond acceptors (Lipinski definition) is 5. The van der Waals surface area contributed by atoms with E-state index in [-0.39, 0.29) is 30.0 Å². The van der Waals surface area contributed by atoms with Crippen molar-refractivity contribution in [2.45, 2.75) is 38.8 Å². The Bertz CT molecular complexity index is 759. The second-order valence-corrected chi connectivity index (χ2v) is 7.58. The standard InChI is InChI=1S/C22H34N6O.HI/c1-4-23-22(25-16-18-10-8-12-24-21(18)27(2)3)26-17-19(20-11-9-15-29-20)28-13-6-5-7-14-28;/h8-12,15,19H,4-7,13-14,16-17H2,1-3H3,(H2,23,25,26);1H. The van der Waals surface area contributed by atoms with Gasteiger partial charge in [-0.2, -0.15) is 0 Å². The Balaban J connectivity index is 0.00000320. The summed E-state index contributed by atoms with van der Waals surface area (Å²) in [6, 6.07) is 8.29. The van der Waals surface area contributed by atoms with Gasteiger partial charge in [0.15, 0.2) is 5.96 Å². The maximum absolute atomic E-state index is 5.76. The molecule has 1 saturated heterocycles. The Morgan fingerprint density at radius 1 is 1.20 bits per heavy atom. The lowest BCUT2D eigenvalue weighted by atomic mass is 10.1. The average Bonchev–Trinajstić information content (AvgIpc) is 3.27. The van der Waals surface area contributed by atoms with E-state index in [9.17, 15) is 0 Å². The van der Waals surface area contributed by atoms with E-state index < -0.39 is 0 Å². The van der Waals surface area contributed by atoms with E-state index in [4.69, 9.17) is 9.41 Å². The number of likely N-dealkylation sites (tertiary alicyclic amines) is 1. The van der Waals surface area contributed by atoms with Crippen molar-refractivity contribution in [1.29, 1.82) is 0 Å². The largest absolute Gasteiger partial charge is 0.468 e. The molecular weight excluding hydrogens is 491 g/mol. The normalized spacial score (nSPS) is 15.9. The van der Waals surface area contributed by atoms with Crippen LogP contribution in [0.1, 0.15) is 43.6 Å². The van der Waals surface area contributed by atoms with E-state index in [0.29, 0.717) is 6.54 Å². The molecule has 1 fully saturated rings. The van der Waals surface area contributed by atoms with Crippen LogP contribution in [0.25, 0.3) is 0 Å². The molecule has 2 aromatic heterocycles. The highest BCUT2D eigenvalue weighted by molar-refractivity contribution is 14.0. The lowest BCUT2D eigenvalue weighted by molar-refractivity contribution is 0.146. The smallest absolute Gasteiger partial charge is 0.191 e. The molecule has 8 heteroatoms. The highest BCUT2D eigenvalue weighted by Gasteiger charge is 2.24. The Morgan fingerprint density at radius 2 is 2.00 bits per heavy atom. The lowest BCUT2D eigenvalue weighted by Crippen LogP contribution is -2.44. The summed E-state index contributed by atoms with van der Waals surface area (Å²) in [6.07, 6.45) is 7.40. The van der Waals surface area contributed by atoms with Gasteiger partial charge in [-0.3, -0.25) is 4.90 Å². The number of anilines is 1. The maximum atomic E-state index is 5.76. The van der Waals surface area contributed by atoms with E-state index in [1.807, 2.05) is 37.3 Å². The molecule has 0 spiro atoms. The summed E-state index contributed by atoms with van der Waals surface area (Å²) in [7, 11) is 4.01. The van der Waals surface area contributed by atoms with Crippen LogP contribution in [-0.2, 0) is 6.54 Å². The number of piperidine rings is 1. The topological polar surface area (TPSA) is 68.9 Å². The molecule has 1 aliphatic rings. The van der Waals surface area contributed by atoms with E-state index in [0.717, 1.165) is 49.3 Å².